The first-order valence-electron chi connectivity index (χ1n) is 6.79. The van der Waals surface area contributed by atoms with Crippen molar-refractivity contribution in [3.05, 3.63) is 30.5 Å². The van der Waals surface area contributed by atoms with Gasteiger partial charge < -0.3 is 15.5 Å². The van der Waals surface area contributed by atoms with Gasteiger partial charge in [0.15, 0.2) is 0 Å². The van der Waals surface area contributed by atoms with Crippen molar-refractivity contribution < 1.29 is 4.79 Å². The number of rotatable bonds is 1. The molecule has 0 bridgehead atoms. The first-order chi connectivity index (χ1) is 9.66. The summed E-state index contributed by atoms with van der Waals surface area (Å²) in [5, 5.41) is 0.940. The molecule has 20 heavy (non-hydrogen) atoms. The Labute approximate surface area is 118 Å². The van der Waals surface area contributed by atoms with E-state index in [1.807, 2.05) is 31.3 Å². The summed E-state index contributed by atoms with van der Waals surface area (Å²) in [4.78, 5) is 20.4. The Morgan fingerprint density at radius 3 is 2.95 bits per heavy atom. The fourth-order valence-electron chi connectivity index (χ4n) is 2.63. The lowest BCUT2D eigenvalue weighted by atomic mass is 10.1. The summed E-state index contributed by atoms with van der Waals surface area (Å²) >= 11 is 0. The minimum absolute atomic E-state index is 0.142. The maximum absolute atomic E-state index is 12.0. The molecule has 5 heteroatoms. The fraction of sp³-hybridized carbons (Fsp3) is 0.333. The van der Waals surface area contributed by atoms with Crippen LogP contribution in [0.25, 0.3) is 10.9 Å². The van der Waals surface area contributed by atoms with Gasteiger partial charge in [-0.2, -0.15) is 0 Å². The Balaban J connectivity index is 2.06. The number of nitrogen functional groups attached to an aromatic ring is 1. The molecule has 0 radical (unpaired) electrons. The van der Waals surface area contributed by atoms with Crippen molar-refractivity contribution in [3.63, 3.8) is 0 Å². The van der Waals surface area contributed by atoms with Gasteiger partial charge in [-0.3, -0.25) is 9.78 Å². The number of hydrogen-bond acceptors (Lipinski definition) is 4. The predicted octanol–water partition coefficient (Wildman–Crippen LogP) is 1.49. The fourth-order valence-corrected chi connectivity index (χ4v) is 2.63. The molecule has 1 amide bonds. The molecule has 1 aromatic carbocycles. The summed E-state index contributed by atoms with van der Waals surface area (Å²) in [5.41, 5.74) is 8.57. The number of nitrogens with two attached hydrogens (primary N) is 1. The molecule has 0 atom stereocenters. The predicted molar refractivity (Wildman–Crippen MR) is 80.6 cm³/mol. The molecular formula is C15H18N4O. The van der Waals surface area contributed by atoms with Crippen molar-refractivity contribution >= 4 is 28.2 Å². The summed E-state index contributed by atoms with van der Waals surface area (Å²) < 4.78 is 0. The molecule has 1 saturated heterocycles. The lowest BCUT2D eigenvalue weighted by molar-refractivity contribution is -0.127. The Bertz CT molecular complexity index is 655. The molecule has 1 aliphatic heterocycles. The first kappa shape index (κ1) is 12.7. The van der Waals surface area contributed by atoms with E-state index in [4.69, 9.17) is 5.73 Å². The summed E-state index contributed by atoms with van der Waals surface area (Å²) in [5.74, 6) is 0.142. The second-order valence-electron chi connectivity index (χ2n) is 5.16. The molecule has 1 aliphatic rings. The van der Waals surface area contributed by atoms with Crippen molar-refractivity contribution in [1.29, 1.82) is 0 Å². The molecule has 0 saturated carbocycles. The zero-order valence-corrected chi connectivity index (χ0v) is 11.5. The van der Waals surface area contributed by atoms with Gasteiger partial charge in [-0.05, 0) is 30.7 Å². The molecule has 3 rings (SSSR count). The van der Waals surface area contributed by atoms with Gasteiger partial charge in [-0.15, -0.1) is 0 Å². The van der Waals surface area contributed by atoms with Gasteiger partial charge in [0, 0.05) is 37.4 Å². The van der Waals surface area contributed by atoms with Crippen molar-refractivity contribution in [2.45, 2.75) is 6.42 Å². The van der Waals surface area contributed by atoms with Crippen LogP contribution in [0.5, 0.6) is 0 Å². The lowest BCUT2D eigenvalue weighted by Gasteiger charge is -2.23. The second kappa shape index (κ2) is 5.00. The van der Waals surface area contributed by atoms with E-state index in [-0.39, 0.29) is 5.91 Å². The third-order valence-corrected chi connectivity index (χ3v) is 3.80. The van der Waals surface area contributed by atoms with Crippen molar-refractivity contribution in [2.24, 2.45) is 0 Å². The largest absolute Gasteiger partial charge is 0.398 e. The minimum atomic E-state index is 0.142. The SMILES string of the molecule is CN1CCCN(c2ccc(N)c3cccnc23)CC1=O. The van der Waals surface area contributed by atoms with Crippen LogP contribution in [0.2, 0.25) is 0 Å². The quantitative estimate of drug-likeness (QED) is 0.797. The monoisotopic (exact) mass is 270 g/mol. The number of likely N-dealkylation sites (N-methyl/N-ethyl adjacent to an activating group) is 1. The highest BCUT2D eigenvalue weighted by Gasteiger charge is 2.21. The average molecular weight is 270 g/mol. The Morgan fingerprint density at radius 1 is 1.25 bits per heavy atom. The summed E-state index contributed by atoms with van der Waals surface area (Å²) in [6.07, 6.45) is 2.72. The average Bonchev–Trinajstić information content (AvgIpc) is 2.62. The standard InChI is InChI=1S/C15H18N4O/c1-18-8-3-9-19(10-14(18)20)13-6-5-12(16)11-4-2-7-17-15(11)13/h2,4-7H,3,8-10,16H2,1H3. The highest BCUT2D eigenvalue weighted by molar-refractivity contribution is 5.99. The summed E-state index contributed by atoms with van der Waals surface area (Å²) in [6, 6.07) is 7.69. The third kappa shape index (κ3) is 2.15. The zero-order chi connectivity index (χ0) is 14.1. The lowest BCUT2D eigenvalue weighted by Crippen LogP contribution is -2.34. The number of amides is 1. The molecule has 1 fully saturated rings. The van der Waals surface area contributed by atoms with Crippen molar-refractivity contribution in [2.75, 3.05) is 37.3 Å². The maximum Gasteiger partial charge on any atom is 0.241 e. The van der Waals surface area contributed by atoms with Crippen molar-refractivity contribution in [1.82, 2.24) is 9.88 Å². The minimum Gasteiger partial charge on any atom is -0.398 e. The highest BCUT2D eigenvalue weighted by atomic mass is 16.2. The van der Waals surface area contributed by atoms with Crippen LogP contribution in [0.3, 0.4) is 0 Å². The number of carbonyl (C=O) groups excluding carboxylic acids is 1. The molecule has 2 aromatic rings. The molecule has 1 aromatic heterocycles. The van der Waals surface area contributed by atoms with Gasteiger partial charge in [-0.1, -0.05) is 0 Å². The number of carbonyl (C=O) groups is 1. The number of hydrogen-bond donors (Lipinski definition) is 1. The van der Waals surface area contributed by atoms with E-state index in [1.54, 1.807) is 11.1 Å². The van der Waals surface area contributed by atoms with Crippen LogP contribution in [-0.4, -0.2) is 42.5 Å². The van der Waals surface area contributed by atoms with Crippen LogP contribution in [0, 0.1) is 0 Å². The highest BCUT2D eigenvalue weighted by Crippen LogP contribution is 2.29. The second-order valence-corrected chi connectivity index (χ2v) is 5.16. The van der Waals surface area contributed by atoms with E-state index in [1.165, 1.54) is 0 Å². The first-order valence-corrected chi connectivity index (χ1v) is 6.79. The van der Waals surface area contributed by atoms with E-state index in [9.17, 15) is 4.79 Å². The number of nitrogens with zero attached hydrogens (tertiary/aromatic N) is 3. The van der Waals surface area contributed by atoms with E-state index in [2.05, 4.69) is 9.88 Å². The van der Waals surface area contributed by atoms with Crippen LogP contribution in [0.1, 0.15) is 6.42 Å². The topological polar surface area (TPSA) is 62.5 Å². The molecular weight excluding hydrogens is 252 g/mol. The van der Waals surface area contributed by atoms with Crippen LogP contribution in [0.4, 0.5) is 11.4 Å². The van der Waals surface area contributed by atoms with Gasteiger partial charge in [0.05, 0.1) is 17.7 Å². The number of pyridine rings is 1. The molecule has 2 heterocycles. The number of aromatic nitrogens is 1. The summed E-state index contributed by atoms with van der Waals surface area (Å²) in [6.45, 7) is 2.05. The number of fused-ring (bicyclic) bond motifs is 1. The van der Waals surface area contributed by atoms with Crippen molar-refractivity contribution in [3.8, 4) is 0 Å². The van der Waals surface area contributed by atoms with E-state index in [0.717, 1.165) is 41.8 Å². The Hall–Kier alpha value is -2.30. The molecule has 0 unspecified atom stereocenters. The van der Waals surface area contributed by atoms with E-state index >= 15 is 0 Å². The van der Waals surface area contributed by atoms with Crippen LogP contribution in [0.15, 0.2) is 30.5 Å². The van der Waals surface area contributed by atoms with Gasteiger partial charge in [0.2, 0.25) is 5.91 Å². The van der Waals surface area contributed by atoms with Crippen LogP contribution in [-0.2, 0) is 4.79 Å². The maximum atomic E-state index is 12.0. The molecule has 5 nitrogen and oxygen atoms in total. The Morgan fingerprint density at radius 2 is 2.10 bits per heavy atom. The zero-order valence-electron chi connectivity index (χ0n) is 11.5. The van der Waals surface area contributed by atoms with E-state index < -0.39 is 0 Å². The third-order valence-electron chi connectivity index (χ3n) is 3.80. The van der Waals surface area contributed by atoms with Gasteiger partial charge in [0.1, 0.15) is 0 Å². The van der Waals surface area contributed by atoms with Crippen LogP contribution >= 0.6 is 0 Å². The van der Waals surface area contributed by atoms with Gasteiger partial charge in [0.25, 0.3) is 0 Å². The smallest absolute Gasteiger partial charge is 0.241 e. The summed E-state index contributed by atoms with van der Waals surface area (Å²) in [7, 11) is 1.85. The molecule has 0 aliphatic carbocycles. The van der Waals surface area contributed by atoms with Gasteiger partial charge >= 0.3 is 0 Å². The number of benzene rings is 1. The Kier molecular flexibility index (Phi) is 3.18. The molecule has 104 valence electrons. The normalized spacial score (nSPS) is 16.6. The molecule has 2 N–H and O–H groups in total. The van der Waals surface area contributed by atoms with Crippen LogP contribution < -0.4 is 10.6 Å². The van der Waals surface area contributed by atoms with Gasteiger partial charge in [-0.25, -0.2) is 0 Å². The molecule has 0 spiro atoms. The van der Waals surface area contributed by atoms with E-state index in [0.29, 0.717) is 6.54 Å². The number of anilines is 2.